The van der Waals surface area contributed by atoms with Gasteiger partial charge in [-0.25, -0.2) is 23.1 Å². The maximum atomic E-state index is 15.2. The van der Waals surface area contributed by atoms with Crippen molar-refractivity contribution in [2.24, 2.45) is 11.7 Å². The number of nitrogens with two attached hydrogens (primary N) is 1. The van der Waals surface area contributed by atoms with Gasteiger partial charge in [-0.15, -0.1) is 11.3 Å². The number of benzene rings is 2. The molecule has 0 aliphatic heterocycles. The zero-order valence-electron chi connectivity index (χ0n) is 25.4. The summed E-state index contributed by atoms with van der Waals surface area (Å²) in [6, 6.07) is 6.31. The normalized spacial score (nSPS) is 18.2. The highest BCUT2D eigenvalue weighted by molar-refractivity contribution is 8.00. The topological polar surface area (TPSA) is 116 Å². The van der Waals surface area contributed by atoms with Crippen LogP contribution in [0.15, 0.2) is 46.8 Å². The minimum absolute atomic E-state index is 0.00347. The van der Waals surface area contributed by atoms with Gasteiger partial charge >= 0.3 is 6.18 Å². The monoisotopic (exact) mass is 738 g/mol. The Balaban J connectivity index is 1.34. The van der Waals surface area contributed by atoms with Gasteiger partial charge in [0.25, 0.3) is 11.8 Å². The molecule has 1 saturated carbocycles. The Bertz CT molecular complexity index is 2200. The molecule has 2 aromatic carbocycles. The molecule has 3 heterocycles. The van der Waals surface area contributed by atoms with Gasteiger partial charge in [-0.1, -0.05) is 17.8 Å². The van der Waals surface area contributed by atoms with E-state index >= 15 is 8.78 Å². The summed E-state index contributed by atoms with van der Waals surface area (Å²) >= 11 is 2.55. The Labute approximate surface area is 285 Å². The zero-order chi connectivity index (χ0) is 35.9. The van der Waals surface area contributed by atoms with E-state index in [1.807, 2.05) is 0 Å². The number of nitrogens with zero attached hydrogens (tertiary/aromatic N) is 4. The second-order valence-electron chi connectivity index (χ2n) is 11.9. The summed E-state index contributed by atoms with van der Waals surface area (Å²) in [6.45, 7) is -1.06. The summed E-state index contributed by atoms with van der Waals surface area (Å²) in [7, 11) is 0. The van der Waals surface area contributed by atoms with Crippen LogP contribution in [-0.4, -0.2) is 37.8 Å². The molecule has 2 amide bonds. The quantitative estimate of drug-likeness (QED) is 0.123. The number of thiazole rings is 1. The molecule has 0 radical (unpaired) electrons. The van der Waals surface area contributed by atoms with E-state index < -0.39 is 88.3 Å². The number of amides is 2. The van der Waals surface area contributed by atoms with Crippen molar-refractivity contribution in [2.75, 3.05) is 6.26 Å². The van der Waals surface area contributed by atoms with E-state index in [1.165, 1.54) is 29.2 Å². The van der Waals surface area contributed by atoms with E-state index in [-0.39, 0.29) is 40.9 Å². The first kappa shape index (κ1) is 33.9. The summed E-state index contributed by atoms with van der Waals surface area (Å²) in [4.78, 5) is 34.7. The number of aromatic nitrogens is 4. The lowest BCUT2D eigenvalue weighted by molar-refractivity contribution is -0.142. The van der Waals surface area contributed by atoms with Crippen LogP contribution >= 0.6 is 23.1 Å². The number of fused-ring (bicyclic) bond motifs is 4. The molecule has 0 bridgehead atoms. The van der Waals surface area contributed by atoms with Gasteiger partial charge in [0.1, 0.15) is 29.7 Å². The van der Waals surface area contributed by atoms with E-state index in [0.717, 1.165) is 24.3 Å². The molecule has 18 heteroatoms. The summed E-state index contributed by atoms with van der Waals surface area (Å²) < 4.78 is 117. The first-order chi connectivity index (χ1) is 23.5. The zero-order valence-corrected chi connectivity index (χ0v) is 27.1. The van der Waals surface area contributed by atoms with Crippen molar-refractivity contribution < 1.29 is 44.7 Å². The first-order valence-corrected chi connectivity index (χ1v) is 16.8. The van der Waals surface area contributed by atoms with Crippen LogP contribution in [0.2, 0.25) is 0 Å². The molecule has 8 nitrogen and oxygen atoms in total. The SMILES string of the molecule is CSc1nc2nc(C(Cc3cc(F)cc(F)c3)NC(=O)Cn3nc(C(F)(F)F)c4c3C(F)(F)C3C[C@H]43)c(-c3ccc(F)c(C(N)=O)c3)cc2s1. The number of thioether (sulfide) groups is 1. The van der Waals surface area contributed by atoms with Gasteiger partial charge in [-0.2, -0.15) is 27.1 Å². The number of halogens is 8. The van der Waals surface area contributed by atoms with Crippen LogP contribution in [0.4, 0.5) is 35.1 Å². The molecule has 0 spiro atoms. The molecule has 2 unspecified atom stereocenters. The van der Waals surface area contributed by atoms with Crippen molar-refractivity contribution in [2.45, 2.75) is 47.8 Å². The van der Waals surface area contributed by atoms with E-state index in [1.54, 1.807) is 12.3 Å². The maximum absolute atomic E-state index is 15.2. The number of alkyl halides is 5. The first-order valence-electron chi connectivity index (χ1n) is 14.8. The van der Waals surface area contributed by atoms with E-state index in [0.29, 0.717) is 19.8 Å². The fourth-order valence-corrected chi connectivity index (χ4v) is 7.93. The number of hydrogen-bond acceptors (Lipinski definition) is 7. The molecule has 260 valence electrons. The number of primary amides is 1. The molecule has 0 saturated heterocycles. The van der Waals surface area contributed by atoms with Crippen LogP contribution in [0, 0.1) is 23.4 Å². The Morgan fingerprint density at radius 2 is 1.82 bits per heavy atom. The summed E-state index contributed by atoms with van der Waals surface area (Å²) in [5, 5.41) is 5.98. The van der Waals surface area contributed by atoms with Crippen LogP contribution in [0.25, 0.3) is 21.5 Å². The highest BCUT2D eigenvalue weighted by Crippen LogP contribution is 2.68. The average Bonchev–Trinajstić information content (AvgIpc) is 3.48. The summed E-state index contributed by atoms with van der Waals surface area (Å²) in [5.41, 5.74) is 2.44. The van der Waals surface area contributed by atoms with Crippen molar-refractivity contribution in [1.82, 2.24) is 25.1 Å². The van der Waals surface area contributed by atoms with Gasteiger partial charge in [0, 0.05) is 23.1 Å². The second kappa shape index (κ2) is 12.0. The number of carbonyl (C=O) groups is 2. The molecule has 7 rings (SSSR count). The van der Waals surface area contributed by atoms with E-state index in [2.05, 4.69) is 20.4 Å². The lowest BCUT2D eigenvalue weighted by Crippen LogP contribution is -2.35. The average molecular weight is 739 g/mol. The lowest BCUT2D eigenvalue weighted by Gasteiger charge is -2.23. The third-order valence-electron chi connectivity index (χ3n) is 8.63. The standard InChI is InChI=1S/C32H22F8N6O2S2/c1-49-30-44-29-22(50-30)10-16(13-2-3-20(35)18(7-13)28(41)48)25(43-29)21(6-12-4-14(33)8-15(34)5-12)42-23(47)11-46-27-24(26(45-46)32(38,39)40)17-9-19(17)31(27,36)37/h2-5,7-8,10,17,19,21H,6,9,11H2,1H3,(H2,41,48)(H,42,47)/t17-,19?,21?/m0/s1. The van der Waals surface area contributed by atoms with Crippen LogP contribution in [0.3, 0.4) is 0 Å². The molecule has 1 fully saturated rings. The number of nitrogens with one attached hydrogen (secondary N) is 1. The molecule has 3 atom stereocenters. The third kappa shape index (κ3) is 5.97. The smallest absolute Gasteiger partial charge is 0.366 e. The van der Waals surface area contributed by atoms with E-state index in [4.69, 9.17) is 5.73 Å². The Morgan fingerprint density at radius 1 is 1.10 bits per heavy atom. The highest BCUT2D eigenvalue weighted by Gasteiger charge is 2.68. The van der Waals surface area contributed by atoms with Crippen LogP contribution in [-0.2, 0) is 29.9 Å². The van der Waals surface area contributed by atoms with Crippen molar-refractivity contribution in [3.05, 3.63) is 93.7 Å². The highest BCUT2D eigenvalue weighted by atomic mass is 32.2. The van der Waals surface area contributed by atoms with Crippen molar-refractivity contribution in [1.29, 1.82) is 0 Å². The van der Waals surface area contributed by atoms with Crippen LogP contribution in [0.1, 0.15) is 56.9 Å². The number of carbonyl (C=O) groups excluding carboxylic acids is 2. The van der Waals surface area contributed by atoms with Crippen molar-refractivity contribution in [3.63, 3.8) is 0 Å². The van der Waals surface area contributed by atoms with Crippen molar-refractivity contribution >= 4 is 45.3 Å². The summed E-state index contributed by atoms with van der Waals surface area (Å²) in [6.07, 6.45) is -3.79. The summed E-state index contributed by atoms with van der Waals surface area (Å²) in [5.74, 6) is -11.0. The Kier molecular flexibility index (Phi) is 8.16. The lowest BCUT2D eigenvalue weighted by atomic mass is 9.94. The molecule has 5 aromatic rings. The fourth-order valence-electron chi connectivity index (χ4n) is 6.47. The van der Waals surface area contributed by atoms with Crippen LogP contribution in [0.5, 0.6) is 0 Å². The number of hydrogen-bond donors (Lipinski definition) is 2. The number of rotatable bonds is 9. The second-order valence-corrected chi connectivity index (χ2v) is 14.0. The molecular weight excluding hydrogens is 717 g/mol. The minimum atomic E-state index is -5.06. The Morgan fingerprint density at radius 3 is 2.48 bits per heavy atom. The van der Waals surface area contributed by atoms with Gasteiger partial charge in [0.15, 0.2) is 15.7 Å². The van der Waals surface area contributed by atoms with Crippen LogP contribution < -0.4 is 11.1 Å². The minimum Gasteiger partial charge on any atom is -0.366 e. The molecule has 2 aliphatic carbocycles. The fraction of sp³-hybridized carbons (Fsp3) is 0.281. The number of pyridine rings is 1. The van der Waals surface area contributed by atoms with Crippen molar-refractivity contribution in [3.8, 4) is 11.1 Å². The van der Waals surface area contributed by atoms with Gasteiger partial charge in [0.2, 0.25) is 5.91 Å². The Hall–Kier alpha value is -4.58. The van der Waals surface area contributed by atoms with Gasteiger partial charge in [0.05, 0.1) is 22.0 Å². The molecule has 3 aromatic heterocycles. The van der Waals surface area contributed by atoms with Gasteiger partial charge in [-0.05, 0) is 66.5 Å². The van der Waals surface area contributed by atoms with E-state index in [9.17, 15) is 35.9 Å². The largest absolute Gasteiger partial charge is 0.435 e. The predicted molar refractivity (Wildman–Crippen MR) is 166 cm³/mol. The molecule has 2 aliphatic rings. The van der Waals surface area contributed by atoms with Gasteiger partial charge < -0.3 is 11.1 Å². The third-order valence-corrected chi connectivity index (χ3v) is 10.6. The predicted octanol–water partition coefficient (Wildman–Crippen LogP) is 7.12. The van der Waals surface area contributed by atoms with Gasteiger partial charge in [-0.3, -0.25) is 14.3 Å². The molecule has 3 N–H and O–H groups in total. The molecule has 50 heavy (non-hydrogen) atoms. The maximum Gasteiger partial charge on any atom is 0.435 e. The molecular formula is C32H22F8N6O2S2.